The summed E-state index contributed by atoms with van der Waals surface area (Å²) in [6.07, 6.45) is 1.62. The van der Waals surface area contributed by atoms with Crippen molar-refractivity contribution >= 4 is 17.9 Å². The Balaban J connectivity index is 1.61. The second-order valence-electron chi connectivity index (χ2n) is 8.56. The van der Waals surface area contributed by atoms with E-state index in [4.69, 9.17) is 18.9 Å². The van der Waals surface area contributed by atoms with E-state index < -0.39 is 47.7 Å². The summed E-state index contributed by atoms with van der Waals surface area (Å²) in [5, 5.41) is 10.7. The lowest BCUT2D eigenvalue weighted by atomic mass is 9.77. The lowest BCUT2D eigenvalue weighted by Gasteiger charge is -2.30. The zero-order chi connectivity index (χ0) is 21.8. The molecule has 1 saturated carbocycles. The molecule has 8 nitrogen and oxygen atoms in total. The number of aliphatic hydroxyl groups excluding tert-OH is 1. The molecule has 1 spiro atoms. The molecule has 2 aliphatic heterocycles. The summed E-state index contributed by atoms with van der Waals surface area (Å²) < 4.78 is 22.1. The number of hydrogen-bond donors (Lipinski definition) is 1. The molecule has 3 fully saturated rings. The lowest BCUT2D eigenvalue weighted by molar-refractivity contribution is -0.149. The predicted molar refractivity (Wildman–Crippen MR) is 103 cm³/mol. The van der Waals surface area contributed by atoms with Crippen LogP contribution in [-0.2, 0) is 33.3 Å². The van der Waals surface area contributed by atoms with Crippen molar-refractivity contribution in [1.82, 2.24) is 0 Å². The highest BCUT2D eigenvalue weighted by Gasteiger charge is 2.67. The van der Waals surface area contributed by atoms with Gasteiger partial charge in [0.2, 0.25) is 0 Å². The van der Waals surface area contributed by atoms with Crippen molar-refractivity contribution in [3.63, 3.8) is 0 Å². The van der Waals surface area contributed by atoms with Gasteiger partial charge in [-0.3, -0.25) is 4.79 Å². The van der Waals surface area contributed by atoms with Gasteiger partial charge in [-0.25, -0.2) is 9.59 Å². The number of aliphatic hydroxyl groups is 1. The van der Waals surface area contributed by atoms with Crippen LogP contribution in [0.5, 0.6) is 0 Å². The molecule has 0 unspecified atom stereocenters. The van der Waals surface area contributed by atoms with Crippen LogP contribution in [0.2, 0.25) is 0 Å². The zero-order valence-electron chi connectivity index (χ0n) is 17.3. The van der Waals surface area contributed by atoms with Crippen molar-refractivity contribution in [2.45, 2.75) is 51.1 Å². The smallest absolute Gasteiger partial charge is 0.334 e. The molecule has 0 aromatic rings. The number of rotatable bonds is 4. The van der Waals surface area contributed by atoms with Crippen LogP contribution in [0, 0.1) is 17.8 Å². The van der Waals surface area contributed by atoms with E-state index in [1.807, 2.05) is 6.92 Å². The minimum atomic E-state index is -0.717. The number of epoxide rings is 1. The van der Waals surface area contributed by atoms with E-state index in [1.165, 1.54) is 13.0 Å². The highest BCUT2D eigenvalue weighted by Crippen LogP contribution is 2.58. The van der Waals surface area contributed by atoms with Gasteiger partial charge in [-0.1, -0.05) is 18.2 Å². The Kier molecular flexibility index (Phi) is 5.10. The van der Waals surface area contributed by atoms with Crippen LogP contribution in [-0.4, -0.2) is 60.1 Å². The average Bonchev–Trinajstić information content (AvgIpc) is 3.30. The summed E-state index contributed by atoms with van der Waals surface area (Å²) in [7, 11) is 0. The van der Waals surface area contributed by atoms with Crippen molar-refractivity contribution in [3.05, 3.63) is 35.5 Å². The van der Waals surface area contributed by atoms with Gasteiger partial charge in [-0.15, -0.1) is 0 Å². The van der Waals surface area contributed by atoms with Crippen molar-refractivity contribution in [3.8, 4) is 0 Å². The normalized spacial score (nSPS) is 39.6. The molecule has 0 bridgehead atoms. The number of carbonyl (C=O) groups is 3. The summed E-state index contributed by atoms with van der Waals surface area (Å²) in [6.45, 7) is 9.07. The monoisotopic (exact) mass is 418 g/mol. The van der Waals surface area contributed by atoms with Crippen LogP contribution in [0.4, 0.5) is 0 Å². The van der Waals surface area contributed by atoms with Gasteiger partial charge in [0.05, 0.1) is 18.6 Å². The molecule has 0 amide bonds. The maximum absolute atomic E-state index is 12.7. The molecule has 4 aliphatic rings. The van der Waals surface area contributed by atoms with Crippen LogP contribution in [0.15, 0.2) is 35.5 Å². The molecule has 4 rings (SSSR count). The zero-order valence-corrected chi connectivity index (χ0v) is 17.3. The number of fused-ring (bicyclic) bond motifs is 4. The number of carbonyl (C=O) groups excluding carboxylic acids is 3. The van der Waals surface area contributed by atoms with Crippen LogP contribution in [0.3, 0.4) is 0 Å². The molecule has 2 heterocycles. The second kappa shape index (κ2) is 7.35. The van der Waals surface area contributed by atoms with Gasteiger partial charge in [0.25, 0.3) is 0 Å². The van der Waals surface area contributed by atoms with E-state index >= 15 is 0 Å². The summed E-state index contributed by atoms with van der Waals surface area (Å²) in [5.41, 5.74) is 0.861. The van der Waals surface area contributed by atoms with Crippen molar-refractivity contribution in [2.75, 3.05) is 13.2 Å². The van der Waals surface area contributed by atoms with Crippen LogP contribution < -0.4 is 0 Å². The largest absolute Gasteiger partial charge is 0.462 e. The first kappa shape index (κ1) is 20.8. The van der Waals surface area contributed by atoms with Gasteiger partial charge < -0.3 is 24.1 Å². The standard InChI is InChI=1S/C22H26O8/c1-10(5-6-27-13(4)23)20(25)29-15-8-22(9-28-22)18-14(24)7-11(2)16(18)19-17(15)12(3)21(26)30-19/h5,7,14-19,24H,3,6,8-9H2,1-2,4H3/b10-5+/t14-,15-,16-,17-,18-,19-,22-/m1/s1. The third kappa shape index (κ3) is 3.37. The van der Waals surface area contributed by atoms with Crippen LogP contribution in [0.25, 0.3) is 0 Å². The summed E-state index contributed by atoms with van der Waals surface area (Å²) in [6, 6.07) is 0. The fourth-order valence-corrected chi connectivity index (χ4v) is 5.14. The Morgan fingerprint density at radius 1 is 1.37 bits per heavy atom. The minimum absolute atomic E-state index is 0.0331. The Bertz CT molecular complexity index is 864. The fraction of sp³-hybridized carbons (Fsp3) is 0.591. The van der Waals surface area contributed by atoms with E-state index in [1.54, 1.807) is 13.0 Å². The topological polar surface area (TPSA) is 112 Å². The van der Waals surface area contributed by atoms with Gasteiger partial charge in [-0.2, -0.15) is 0 Å². The lowest BCUT2D eigenvalue weighted by Crippen LogP contribution is -2.39. The molecule has 0 radical (unpaired) electrons. The SMILES string of the molecule is C=C1C(=O)O[C@@H]2[C@@H]3C(C)=C[C@@H](O)[C@H]3[C@]3(CO3)C[C@@H](OC(=O)/C(C)=C/COC(C)=O)[C@@H]12. The highest BCUT2D eigenvalue weighted by atomic mass is 16.6. The van der Waals surface area contributed by atoms with Gasteiger partial charge in [0, 0.05) is 36.3 Å². The van der Waals surface area contributed by atoms with Gasteiger partial charge in [0.15, 0.2) is 0 Å². The Morgan fingerprint density at radius 3 is 2.70 bits per heavy atom. The molecule has 1 N–H and O–H groups in total. The number of hydrogen-bond acceptors (Lipinski definition) is 8. The van der Waals surface area contributed by atoms with Gasteiger partial charge in [0.1, 0.15) is 24.4 Å². The Labute approximate surface area is 174 Å². The average molecular weight is 418 g/mol. The second-order valence-corrected chi connectivity index (χ2v) is 8.56. The molecule has 0 aromatic carbocycles. The fourth-order valence-electron chi connectivity index (χ4n) is 5.14. The van der Waals surface area contributed by atoms with E-state index in [-0.39, 0.29) is 29.6 Å². The van der Waals surface area contributed by atoms with Crippen molar-refractivity contribution in [1.29, 1.82) is 0 Å². The van der Waals surface area contributed by atoms with Gasteiger partial charge >= 0.3 is 17.9 Å². The molecular weight excluding hydrogens is 392 g/mol. The van der Waals surface area contributed by atoms with Crippen molar-refractivity contribution in [2.24, 2.45) is 17.8 Å². The summed E-state index contributed by atoms with van der Waals surface area (Å²) in [5.74, 6) is -2.54. The first-order valence-corrected chi connectivity index (χ1v) is 10.1. The maximum atomic E-state index is 12.7. The van der Waals surface area contributed by atoms with E-state index in [0.29, 0.717) is 13.0 Å². The van der Waals surface area contributed by atoms with E-state index in [9.17, 15) is 19.5 Å². The third-order valence-corrected chi connectivity index (χ3v) is 6.66. The molecule has 7 atom stereocenters. The Morgan fingerprint density at radius 2 is 2.07 bits per heavy atom. The molecule has 30 heavy (non-hydrogen) atoms. The summed E-state index contributed by atoms with van der Waals surface area (Å²) in [4.78, 5) is 35.9. The first-order valence-electron chi connectivity index (χ1n) is 10.1. The highest BCUT2D eigenvalue weighted by molar-refractivity contribution is 5.92. The quantitative estimate of drug-likeness (QED) is 0.239. The van der Waals surface area contributed by atoms with Crippen LogP contribution >= 0.6 is 0 Å². The molecular formula is C22H26O8. The molecule has 8 heteroatoms. The maximum Gasteiger partial charge on any atom is 0.334 e. The molecule has 162 valence electrons. The number of esters is 3. The van der Waals surface area contributed by atoms with Gasteiger partial charge in [-0.05, 0) is 19.9 Å². The predicted octanol–water partition coefficient (Wildman–Crippen LogP) is 1.23. The van der Waals surface area contributed by atoms with Crippen LogP contribution in [0.1, 0.15) is 27.2 Å². The molecule has 2 saturated heterocycles. The van der Waals surface area contributed by atoms with E-state index in [2.05, 4.69) is 6.58 Å². The molecule has 2 aliphatic carbocycles. The van der Waals surface area contributed by atoms with E-state index in [0.717, 1.165) is 5.57 Å². The third-order valence-electron chi connectivity index (χ3n) is 6.66. The Hall–Kier alpha value is -2.45. The molecule has 0 aromatic heterocycles. The number of ether oxygens (including phenoxy) is 4. The van der Waals surface area contributed by atoms with Crippen molar-refractivity contribution < 1.29 is 38.4 Å². The first-order chi connectivity index (χ1) is 14.1. The minimum Gasteiger partial charge on any atom is -0.462 e. The summed E-state index contributed by atoms with van der Waals surface area (Å²) >= 11 is 0.